The molecular weight excluding hydrogens is 941 g/mol. The Hall–Kier alpha value is -7.76. The van der Waals surface area contributed by atoms with E-state index in [0.717, 1.165) is 12.2 Å². The molecule has 9 N–H and O–H groups in total. The third kappa shape index (κ3) is 15.6. The van der Waals surface area contributed by atoms with Crippen molar-refractivity contribution in [3.63, 3.8) is 0 Å². The maximum atomic E-state index is 12.2. The summed E-state index contributed by atoms with van der Waals surface area (Å²) < 4.78 is 51.8. The van der Waals surface area contributed by atoms with Crippen molar-refractivity contribution in [3.8, 4) is 34.5 Å². The van der Waals surface area contributed by atoms with Crippen LogP contribution in [0, 0.1) is 5.92 Å². The smallest absolute Gasteiger partial charge is 0.262 e. The van der Waals surface area contributed by atoms with Crippen LogP contribution in [0.3, 0.4) is 0 Å². The predicted molar refractivity (Wildman–Crippen MR) is 247 cm³/mol. The molecular formula is C49H48O20S-2. The highest BCUT2D eigenvalue weighted by Gasteiger charge is 2.44. The highest BCUT2D eigenvalue weighted by Crippen LogP contribution is 2.42. The monoisotopic (exact) mass is 988 g/mol. The first-order chi connectivity index (χ1) is 33.1. The van der Waals surface area contributed by atoms with E-state index >= 15 is 0 Å². The molecule has 4 aromatic carbocycles. The van der Waals surface area contributed by atoms with Gasteiger partial charge in [-0.25, -0.2) is 8.42 Å². The van der Waals surface area contributed by atoms with Gasteiger partial charge in [-0.15, -0.1) is 0 Å². The number of phenols is 3. The Morgan fingerprint density at radius 1 is 0.657 bits per heavy atom. The van der Waals surface area contributed by atoms with Crippen molar-refractivity contribution in [2.45, 2.75) is 44.6 Å². The molecule has 70 heavy (non-hydrogen) atoms. The SMILES string of the molecule is COc1cc(/C=C/C(=O)/C=C(O)/C=C/c2cc(CO)c(O)c(C3OC(C(=O)[O-])C(O)C(O)C3C)c2)ccc1O.COc1cc(/C=C/C(=O)/C=C(O)/C=C/c2ccc(OS(=O)(=O)[O-])c(CO)c2)ccc1O. The molecule has 5 atom stereocenters. The van der Waals surface area contributed by atoms with Gasteiger partial charge in [-0.1, -0.05) is 49.4 Å². The van der Waals surface area contributed by atoms with Crippen molar-refractivity contribution in [1.82, 2.24) is 0 Å². The van der Waals surface area contributed by atoms with Crippen LogP contribution in [-0.2, 0) is 42.7 Å². The fourth-order valence-electron chi connectivity index (χ4n) is 6.58. The molecule has 21 heteroatoms. The van der Waals surface area contributed by atoms with Crippen LogP contribution < -0.4 is 18.8 Å². The number of carbonyl (C=O) groups excluding carboxylic acids is 3. The quantitative estimate of drug-likeness (QED) is 0.0227. The van der Waals surface area contributed by atoms with Gasteiger partial charge in [0, 0.05) is 34.8 Å². The number of ether oxygens (including phenoxy) is 3. The molecule has 0 radical (unpaired) electrons. The highest BCUT2D eigenvalue weighted by molar-refractivity contribution is 7.81. The maximum Gasteiger partial charge on any atom is 0.262 e. The second-order valence-electron chi connectivity index (χ2n) is 15.1. The van der Waals surface area contributed by atoms with Crippen LogP contribution in [0.4, 0.5) is 0 Å². The minimum absolute atomic E-state index is 0.0349. The number of aliphatic hydroxyl groups is 6. The zero-order valence-corrected chi connectivity index (χ0v) is 38.2. The Labute approximate surface area is 400 Å². The molecule has 0 saturated carbocycles. The van der Waals surface area contributed by atoms with E-state index in [1.165, 1.54) is 124 Å². The molecule has 1 fully saturated rings. The molecule has 5 unspecified atom stereocenters. The lowest BCUT2D eigenvalue weighted by Crippen LogP contribution is -2.57. The van der Waals surface area contributed by atoms with Gasteiger partial charge < -0.3 is 78.8 Å². The van der Waals surface area contributed by atoms with Gasteiger partial charge in [-0.05, 0) is 95.1 Å². The highest BCUT2D eigenvalue weighted by atomic mass is 32.3. The van der Waals surface area contributed by atoms with Crippen LogP contribution in [0.25, 0.3) is 24.3 Å². The fraction of sp³-hybridized carbons (Fsp3) is 0.204. The summed E-state index contributed by atoms with van der Waals surface area (Å²) in [6, 6.07) is 15.8. The Kier molecular flexibility index (Phi) is 19.6. The van der Waals surface area contributed by atoms with E-state index in [-0.39, 0.29) is 51.2 Å². The topological polar surface area (TPSA) is 350 Å². The van der Waals surface area contributed by atoms with Crippen LogP contribution in [0.1, 0.15) is 52.0 Å². The normalized spacial score (nSPS) is 18.8. The standard InChI is InChI=1S/C28H30O11.C21H20O9S/c1-14-23(33)25(35)27(28(36)37)39-26(14)20-10-16(9-17(13-29)24(20)34)4-7-19(31)12-18(30)6-3-15-5-8-21(32)22(11-15)38-2;1-29-21-11-15(4-8-19(21)25)3-7-18(24)12-17(23)6-2-14-5-9-20(16(10-14)13-22)30-31(26,27)28/h3-12,14,23,25-27,29,31-35H,13H2,1-2H3,(H,36,37);2-12,22-23,25H,13H2,1H3,(H,26,27,28)/p-2/b6-3+,7-4+,19-12-;6-2+,7-3+,17-12-. The number of aromatic hydroxyl groups is 3. The summed E-state index contributed by atoms with van der Waals surface area (Å²) in [6.07, 6.45) is 6.21. The Bertz CT molecular complexity index is 2840. The molecule has 5 rings (SSSR count). The van der Waals surface area contributed by atoms with Gasteiger partial charge >= 0.3 is 0 Å². The molecule has 0 amide bonds. The zero-order valence-electron chi connectivity index (χ0n) is 37.3. The fourth-order valence-corrected chi connectivity index (χ4v) is 6.96. The van der Waals surface area contributed by atoms with Gasteiger partial charge in [-0.3, -0.25) is 9.59 Å². The minimum Gasteiger partial charge on any atom is -0.716 e. The summed E-state index contributed by atoms with van der Waals surface area (Å²) >= 11 is 0. The molecule has 0 bridgehead atoms. The number of carboxylic acids is 1. The number of ketones is 2. The second-order valence-corrected chi connectivity index (χ2v) is 16.1. The van der Waals surface area contributed by atoms with Gasteiger partial charge in [0.1, 0.15) is 35.2 Å². The molecule has 0 aromatic heterocycles. The first-order valence-corrected chi connectivity index (χ1v) is 21.8. The van der Waals surface area contributed by atoms with E-state index < -0.39 is 83.0 Å². The summed E-state index contributed by atoms with van der Waals surface area (Å²) in [5.41, 5.74) is 2.11. The second kappa shape index (κ2) is 25.0. The van der Waals surface area contributed by atoms with Gasteiger partial charge in [0.2, 0.25) is 0 Å². The minimum atomic E-state index is -4.99. The number of carboxylic acid groups (broad SMARTS) is 1. The number of allylic oxidation sites excluding steroid dienone is 6. The number of aliphatic carboxylic acids is 1. The van der Waals surface area contributed by atoms with Crippen molar-refractivity contribution < 1.29 is 96.8 Å². The number of benzene rings is 4. The molecule has 0 aliphatic carbocycles. The van der Waals surface area contributed by atoms with E-state index in [1.54, 1.807) is 12.1 Å². The van der Waals surface area contributed by atoms with Gasteiger partial charge in [0.15, 0.2) is 34.6 Å². The summed E-state index contributed by atoms with van der Waals surface area (Å²) in [6.45, 7) is 0.316. The van der Waals surface area contributed by atoms with Gasteiger partial charge in [0.05, 0.1) is 45.6 Å². The van der Waals surface area contributed by atoms with Crippen molar-refractivity contribution >= 4 is 52.2 Å². The Balaban J connectivity index is 0.000000313. The summed E-state index contributed by atoms with van der Waals surface area (Å²) in [7, 11) is -2.19. The van der Waals surface area contributed by atoms with E-state index in [0.29, 0.717) is 22.3 Å². The van der Waals surface area contributed by atoms with Crippen molar-refractivity contribution in [3.05, 3.63) is 154 Å². The summed E-state index contributed by atoms with van der Waals surface area (Å²) in [5.74, 6) is -4.71. The van der Waals surface area contributed by atoms with E-state index in [2.05, 4.69) is 4.18 Å². The first kappa shape index (κ1) is 54.8. The Morgan fingerprint density at radius 3 is 1.59 bits per heavy atom. The lowest BCUT2D eigenvalue weighted by Gasteiger charge is -2.42. The van der Waals surface area contributed by atoms with Crippen molar-refractivity contribution in [1.29, 1.82) is 0 Å². The van der Waals surface area contributed by atoms with Gasteiger partial charge in [0.25, 0.3) is 10.4 Å². The molecule has 20 nitrogen and oxygen atoms in total. The molecule has 0 spiro atoms. The average molecular weight is 989 g/mol. The van der Waals surface area contributed by atoms with Crippen LogP contribution in [-0.4, -0.2) is 109 Å². The van der Waals surface area contributed by atoms with Crippen LogP contribution in [0.2, 0.25) is 0 Å². The number of phenolic OH excluding ortho intramolecular Hbond substituents is 2. The third-order valence-electron chi connectivity index (χ3n) is 10.1. The van der Waals surface area contributed by atoms with E-state index in [1.807, 2.05) is 0 Å². The van der Waals surface area contributed by atoms with Crippen LogP contribution >= 0.6 is 0 Å². The number of methoxy groups -OCH3 is 2. The van der Waals surface area contributed by atoms with Crippen LogP contribution in [0.5, 0.6) is 34.5 Å². The first-order valence-electron chi connectivity index (χ1n) is 20.5. The molecule has 1 saturated heterocycles. The zero-order chi connectivity index (χ0) is 51.9. The molecule has 4 aromatic rings. The van der Waals surface area contributed by atoms with Crippen molar-refractivity contribution in [2.24, 2.45) is 5.92 Å². The van der Waals surface area contributed by atoms with Gasteiger partial charge in [-0.2, -0.15) is 0 Å². The number of hydrogen-bond acceptors (Lipinski definition) is 20. The number of hydrogen-bond donors (Lipinski definition) is 9. The number of rotatable bonds is 18. The summed E-state index contributed by atoms with van der Waals surface area (Å²) in [5, 5.41) is 101. The van der Waals surface area contributed by atoms with E-state index in [4.69, 9.17) is 14.2 Å². The Morgan fingerprint density at radius 2 is 1.11 bits per heavy atom. The van der Waals surface area contributed by atoms with Crippen molar-refractivity contribution in [2.75, 3.05) is 14.2 Å². The maximum absolute atomic E-state index is 12.2. The number of aliphatic hydroxyl groups excluding tert-OH is 6. The van der Waals surface area contributed by atoms with E-state index in [9.17, 15) is 78.4 Å². The molecule has 1 aliphatic rings. The average Bonchev–Trinajstić information content (AvgIpc) is 3.31. The molecule has 1 heterocycles. The third-order valence-corrected chi connectivity index (χ3v) is 10.5. The summed E-state index contributed by atoms with van der Waals surface area (Å²) in [4.78, 5) is 35.6. The predicted octanol–water partition coefficient (Wildman–Crippen LogP) is 3.35. The molecule has 1 aliphatic heterocycles. The largest absolute Gasteiger partial charge is 0.716 e. The molecule has 372 valence electrons. The van der Waals surface area contributed by atoms with Crippen LogP contribution in [0.15, 0.2) is 115 Å². The number of carbonyl (C=O) groups is 3. The lowest BCUT2D eigenvalue weighted by molar-refractivity contribution is -0.331. The lowest BCUT2D eigenvalue weighted by atomic mass is 9.83.